The molecule has 0 amide bonds. The van der Waals surface area contributed by atoms with E-state index >= 15 is 0 Å². The molecule has 1 fully saturated rings. The molecule has 0 aromatic carbocycles. The predicted octanol–water partition coefficient (Wildman–Crippen LogP) is 2.12. The maximum absolute atomic E-state index is 12.2. The molecule has 0 atom stereocenters. The van der Waals surface area contributed by atoms with Crippen LogP contribution in [0.2, 0.25) is 0 Å². The highest BCUT2D eigenvalue weighted by atomic mass is 32.2. The normalized spacial score (nSPS) is 15.5. The fraction of sp³-hybridized carbons (Fsp3) is 0.429. The van der Waals surface area contributed by atoms with Gasteiger partial charge in [0.25, 0.3) is 0 Å². The molecule has 0 unspecified atom stereocenters. The van der Waals surface area contributed by atoms with Crippen molar-refractivity contribution in [1.82, 2.24) is 15.0 Å². The van der Waals surface area contributed by atoms with Crippen molar-refractivity contribution in [2.75, 3.05) is 0 Å². The quantitative estimate of drug-likeness (QED) is 0.730. The van der Waals surface area contributed by atoms with Gasteiger partial charge in [-0.3, -0.25) is 0 Å². The summed E-state index contributed by atoms with van der Waals surface area (Å²) in [6, 6.07) is 6.24. The third-order valence-corrected chi connectivity index (χ3v) is 5.80. The van der Waals surface area contributed by atoms with Crippen molar-refractivity contribution in [2.24, 2.45) is 0 Å². The zero-order chi connectivity index (χ0) is 14.9. The minimum absolute atomic E-state index is 0.295. The topological polar surface area (TPSA) is 74.0 Å². The van der Waals surface area contributed by atoms with Gasteiger partial charge >= 0.3 is 0 Å². The summed E-state index contributed by atoms with van der Waals surface area (Å²) in [6.07, 6.45) is 3.98. The van der Waals surface area contributed by atoms with E-state index in [1.54, 1.807) is 23.6 Å². The average molecular weight is 325 g/mol. The van der Waals surface area contributed by atoms with Crippen LogP contribution in [-0.4, -0.2) is 19.4 Å². The van der Waals surface area contributed by atoms with E-state index in [-0.39, 0.29) is 0 Å². The molecule has 0 spiro atoms. The van der Waals surface area contributed by atoms with Gasteiger partial charge in [0.15, 0.2) is 0 Å². The Kier molecular flexibility index (Phi) is 4.17. The highest BCUT2D eigenvalue weighted by Gasteiger charge is 2.21. The summed E-state index contributed by atoms with van der Waals surface area (Å²) in [4.78, 5) is 5.51. The van der Waals surface area contributed by atoms with Gasteiger partial charge in [0.1, 0.15) is 0 Å². The Morgan fingerprint density at radius 1 is 1.33 bits per heavy atom. The molecule has 1 saturated carbocycles. The summed E-state index contributed by atoms with van der Waals surface area (Å²) >= 11 is 1.60. The Bertz CT molecular complexity index is 714. The molecule has 3 rings (SSSR count). The number of aryl methyl sites for hydroxylation is 1. The third kappa shape index (κ3) is 3.94. The Balaban J connectivity index is 1.60. The van der Waals surface area contributed by atoms with Gasteiger partial charge in [-0.05, 0) is 38.0 Å². The smallest absolute Gasteiger partial charge is 0.242 e. The lowest BCUT2D eigenvalue weighted by atomic mass is 10.4. The number of rotatable bonds is 7. The molecule has 1 aliphatic carbocycles. The van der Waals surface area contributed by atoms with Crippen LogP contribution in [-0.2, 0) is 23.1 Å². The fourth-order valence-electron chi connectivity index (χ4n) is 2.05. The summed E-state index contributed by atoms with van der Waals surface area (Å²) in [5, 5.41) is 3.35. The molecule has 0 bridgehead atoms. The van der Waals surface area contributed by atoms with Crippen molar-refractivity contribution >= 4 is 21.4 Å². The van der Waals surface area contributed by atoms with Crippen molar-refractivity contribution in [3.63, 3.8) is 0 Å². The van der Waals surface area contributed by atoms with Crippen molar-refractivity contribution in [3.05, 3.63) is 39.8 Å². The first kappa shape index (κ1) is 14.8. The van der Waals surface area contributed by atoms with E-state index in [0.717, 1.165) is 10.6 Å². The van der Waals surface area contributed by atoms with Crippen LogP contribution in [0.5, 0.6) is 0 Å². The maximum atomic E-state index is 12.2. The van der Waals surface area contributed by atoms with E-state index in [4.69, 9.17) is 0 Å². The van der Waals surface area contributed by atoms with Crippen LogP contribution < -0.4 is 10.0 Å². The highest BCUT2D eigenvalue weighted by Crippen LogP contribution is 2.20. The monoisotopic (exact) mass is 325 g/mol. The molecule has 5 nitrogen and oxygen atoms in total. The van der Waals surface area contributed by atoms with Gasteiger partial charge in [-0.15, -0.1) is 11.3 Å². The van der Waals surface area contributed by atoms with E-state index < -0.39 is 10.0 Å². The third-order valence-electron chi connectivity index (χ3n) is 3.42. The minimum Gasteiger partial charge on any atom is -0.363 e. The van der Waals surface area contributed by atoms with Crippen LogP contribution in [0.25, 0.3) is 0 Å². The number of hydrogen-bond acceptors (Lipinski definition) is 4. The second kappa shape index (κ2) is 5.92. The molecule has 0 aliphatic heterocycles. The first-order valence-corrected chi connectivity index (χ1v) is 9.28. The van der Waals surface area contributed by atoms with E-state index in [2.05, 4.69) is 15.0 Å². The van der Waals surface area contributed by atoms with Crippen molar-refractivity contribution in [1.29, 1.82) is 0 Å². The van der Waals surface area contributed by atoms with E-state index in [0.29, 0.717) is 24.0 Å². The molecule has 2 aromatic rings. The summed E-state index contributed by atoms with van der Waals surface area (Å²) in [5.74, 6) is 0. The lowest BCUT2D eigenvalue weighted by Crippen LogP contribution is -2.22. The maximum Gasteiger partial charge on any atom is 0.242 e. The first-order valence-electron chi connectivity index (χ1n) is 6.98. The number of aromatic nitrogens is 1. The molecule has 2 heterocycles. The van der Waals surface area contributed by atoms with Crippen LogP contribution in [0.1, 0.15) is 28.3 Å². The number of thiophene rings is 1. The zero-order valence-corrected chi connectivity index (χ0v) is 13.5. The van der Waals surface area contributed by atoms with Crippen molar-refractivity contribution < 1.29 is 8.42 Å². The molecule has 2 aromatic heterocycles. The van der Waals surface area contributed by atoms with Gasteiger partial charge in [-0.1, -0.05) is 0 Å². The largest absolute Gasteiger partial charge is 0.363 e. The van der Waals surface area contributed by atoms with Gasteiger partial charge in [0.2, 0.25) is 10.0 Å². The predicted molar refractivity (Wildman–Crippen MR) is 83.7 cm³/mol. The van der Waals surface area contributed by atoms with Crippen molar-refractivity contribution in [3.8, 4) is 0 Å². The molecular weight excluding hydrogens is 306 g/mol. The first-order chi connectivity index (χ1) is 10.0. The molecule has 0 radical (unpaired) electrons. The van der Waals surface area contributed by atoms with Crippen LogP contribution in [0, 0.1) is 6.92 Å². The highest BCUT2D eigenvalue weighted by molar-refractivity contribution is 7.89. The molecule has 3 N–H and O–H groups in total. The van der Waals surface area contributed by atoms with E-state index in [1.807, 2.05) is 19.1 Å². The second-order valence-electron chi connectivity index (χ2n) is 5.35. The number of H-pyrrole nitrogens is 1. The number of sulfonamides is 1. The molecule has 0 saturated heterocycles. The lowest BCUT2D eigenvalue weighted by molar-refractivity contribution is 0.582. The summed E-state index contributed by atoms with van der Waals surface area (Å²) in [7, 11) is -3.45. The van der Waals surface area contributed by atoms with Gasteiger partial charge in [-0.25, -0.2) is 13.1 Å². The van der Waals surface area contributed by atoms with E-state index in [1.165, 1.54) is 17.7 Å². The van der Waals surface area contributed by atoms with Crippen LogP contribution >= 0.6 is 11.3 Å². The van der Waals surface area contributed by atoms with Crippen LogP contribution in [0.15, 0.2) is 29.3 Å². The van der Waals surface area contributed by atoms with Gasteiger partial charge in [0, 0.05) is 40.8 Å². The minimum atomic E-state index is -3.45. The molecule has 1 aliphatic rings. The Labute approximate surface area is 128 Å². The van der Waals surface area contributed by atoms with Gasteiger partial charge in [-0.2, -0.15) is 0 Å². The van der Waals surface area contributed by atoms with Crippen molar-refractivity contribution in [2.45, 2.75) is 43.8 Å². The zero-order valence-electron chi connectivity index (χ0n) is 11.8. The molecule has 7 heteroatoms. The lowest BCUT2D eigenvalue weighted by Gasteiger charge is -2.03. The average Bonchev–Trinajstić information content (AvgIpc) is 2.97. The standard InChI is InChI=1S/C14H19N3O2S2/c1-10-2-5-13(20-10)8-17-21(18,19)14-6-12(16-9-14)7-15-11-3-4-11/h2,5-6,9,11,15-17H,3-4,7-8H2,1H3. The van der Waals surface area contributed by atoms with Crippen LogP contribution in [0.3, 0.4) is 0 Å². The van der Waals surface area contributed by atoms with E-state index in [9.17, 15) is 8.42 Å². The number of nitrogens with one attached hydrogen (secondary N) is 3. The summed E-state index contributed by atoms with van der Waals surface area (Å²) in [5.41, 5.74) is 0.897. The fourth-order valence-corrected chi connectivity index (χ4v) is 3.99. The molecule has 114 valence electrons. The second-order valence-corrected chi connectivity index (χ2v) is 8.49. The SMILES string of the molecule is Cc1ccc(CNS(=O)(=O)c2c[nH]c(CNC3CC3)c2)s1. The Morgan fingerprint density at radius 3 is 2.81 bits per heavy atom. The van der Waals surface area contributed by atoms with Crippen LogP contribution in [0.4, 0.5) is 0 Å². The molecular formula is C14H19N3O2S2. The molecule has 21 heavy (non-hydrogen) atoms. The Morgan fingerprint density at radius 2 is 2.14 bits per heavy atom. The van der Waals surface area contributed by atoms with Gasteiger partial charge in [0.05, 0.1) is 4.90 Å². The van der Waals surface area contributed by atoms with Gasteiger partial charge < -0.3 is 10.3 Å². The number of aromatic amines is 1. The number of hydrogen-bond donors (Lipinski definition) is 3. The summed E-state index contributed by atoms with van der Waals surface area (Å²) in [6.45, 7) is 3.03. The Hall–Kier alpha value is -1.15. The summed E-state index contributed by atoms with van der Waals surface area (Å²) < 4.78 is 27.1.